The molecular weight excluding hydrogens is 295 g/mol. The second kappa shape index (κ2) is 7.54. The Balaban J connectivity index is 1.84. The molecule has 2 aromatic rings. The molecule has 0 unspecified atom stereocenters. The van der Waals surface area contributed by atoms with Gasteiger partial charge in [-0.1, -0.05) is 30.3 Å². The lowest BCUT2D eigenvalue weighted by atomic mass is 10.1. The Morgan fingerprint density at radius 1 is 0.957 bits per heavy atom. The van der Waals surface area contributed by atoms with E-state index in [1.165, 1.54) is 12.1 Å². The van der Waals surface area contributed by atoms with Gasteiger partial charge in [-0.3, -0.25) is 9.59 Å². The largest absolute Gasteiger partial charge is 0.347 e. The number of rotatable bonds is 5. The third-order valence-corrected chi connectivity index (χ3v) is 3.47. The molecule has 2 rings (SSSR count). The molecule has 4 nitrogen and oxygen atoms in total. The molecule has 0 bridgehead atoms. The van der Waals surface area contributed by atoms with Crippen LogP contribution in [0.3, 0.4) is 0 Å². The van der Waals surface area contributed by atoms with Crippen LogP contribution in [0.5, 0.6) is 0 Å². The third-order valence-electron chi connectivity index (χ3n) is 3.47. The van der Waals surface area contributed by atoms with Crippen LogP contribution in [0.25, 0.3) is 0 Å². The van der Waals surface area contributed by atoms with E-state index in [0.29, 0.717) is 5.56 Å². The Kier molecular flexibility index (Phi) is 5.46. The van der Waals surface area contributed by atoms with Crippen molar-refractivity contribution in [1.29, 1.82) is 0 Å². The zero-order valence-corrected chi connectivity index (χ0v) is 13.2. The number of benzene rings is 2. The molecule has 0 radical (unpaired) electrons. The lowest BCUT2D eigenvalue weighted by molar-refractivity contribution is -0.123. The standard InChI is InChI=1S/C18H19FN2O2/c1-12-4-3-5-13(2)18(12)21-17(23)11-20-16(22)10-14-6-8-15(19)9-7-14/h3-9H,10-11H2,1-2H3,(H,20,22)(H,21,23). The van der Waals surface area contributed by atoms with Crippen molar-refractivity contribution < 1.29 is 14.0 Å². The number of hydrogen-bond acceptors (Lipinski definition) is 2. The van der Waals surface area contributed by atoms with Crippen molar-refractivity contribution in [2.24, 2.45) is 0 Å². The van der Waals surface area contributed by atoms with Crippen LogP contribution in [0.4, 0.5) is 10.1 Å². The van der Waals surface area contributed by atoms with Gasteiger partial charge in [0.2, 0.25) is 11.8 Å². The van der Waals surface area contributed by atoms with E-state index in [2.05, 4.69) is 10.6 Å². The van der Waals surface area contributed by atoms with Crippen LogP contribution in [0, 0.1) is 19.7 Å². The fraction of sp³-hybridized carbons (Fsp3) is 0.222. The molecule has 0 fully saturated rings. The van der Waals surface area contributed by atoms with E-state index < -0.39 is 0 Å². The molecule has 2 N–H and O–H groups in total. The topological polar surface area (TPSA) is 58.2 Å². The molecule has 2 aromatic carbocycles. The Hall–Kier alpha value is -2.69. The summed E-state index contributed by atoms with van der Waals surface area (Å²) < 4.78 is 12.8. The Labute approximate surface area is 134 Å². The molecule has 0 heterocycles. The van der Waals surface area contributed by atoms with Gasteiger partial charge in [-0.15, -0.1) is 0 Å². The summed E-state index contributed by atoms with van der Waals surface area (Å²) in [5, 5.41) is 5.36. The highest BCUT2D eigenvalue weighted by Gasteiger charge is 2.09. The molecule has 0 aliphatic rings. The van der Waals surface area contributed by atoms with Crippen molar-refractivity contribution in [2.75, 3.05) is 11.9 Å². The number of aryl methyl sites for hydroxylation is 2. The van der Waals surface area contributed by atoms with Gasteiger partial charge in [0.05, 0.1) is 13.0 Å². The van der Waals surface area contributed by atoms with E-state index >= 15 is 0 Å². The van der Waals surface area contributed by atoms with Crippen LogP contribution in [0.2, 0.25) is 0 Å². The molecule has 0 saturated carbocycles. The van der Waals surface area contributed by atoms with Gasteiger partial charge in [-0.25, -0.2) is 4.39 Å². The molecule has 2 amide bonds. The monoisotopic (exact) mass is 314 g/mol. The summed E-state index contributed by atoms with van der Waals surface area (Å²) in [7, 11) is 0. The van der Waals surface area contributed by atoms with Crippen LogP contribution < -0.4 is 10.6 Å². The van der Waals surface area contributed by atoms with Crippen LogP contribution in [-0.4, -0.2) is 18.4 Å². The van der Waals surface area contributed by atoms with Gasteiger partial charge < -0.3 is 10.6 Å². The quantitative estimate of drug-likeness (QED) is 0.891. The second-order valence-electron chi connectivity index (χ2n) is 5.39. The predicted molar refractivity (Wildman–Crippen MR) is 87.7 cm³/mol. The molecule has 0 aliphatic carbocycles. The number of para-hydroxylation sites is 1. The average Bonchev–Trinajstić information content (AvgIpc) is 2.51. The highest BCUT2D eigenvalue weighted by atomic mass is 19.1. The Morgan fingerprint density at radius 2 is 1.57 bits per heavy atom. The van der Waals surface area contributed by atoms with E-state index in [0.717, 1.165) is 16.8 Å². The van der Waals surface area contributed by atoms with Crippen molar-refractivity contribution in [3.05, 3.63) is 65.0 Å². The van der Waals surface area contributed by atoms with Crippen LogP contribution in [-0.2, 0) is 16.0 Å². The average molecular weight is 314 g/mol. The lowest BCUT2D eigenvalue weighted by Gasteiger charge is -2.12. The van der Waals surface area contributed by atoms with Crippen molar-refractivity contribution in [3.8, 4) is 0 Å². The van der Waals surface area contributed by atoms with E-state index in [4.69, 9.17) is 0 Å². The maximum absolute atomic E-state index is 12.8. The van der Waals surface area contributed by atoms with Gasteiger partial charge in [0.25, 0.3) is 0 Å². The van der Waals surface area contributed by atoms with E-state index in [-0.39, 0.29) is 30.6 Å². The minimum absolute atomic E-state index is 0.103. The highest BCUT2D eigenvalue weighted by Crippen LogP contribution is 2.18. The fourth-order valence-electron chi connectivity index (χ4n) is 2.22. The Bertz CT molecular complexity index is 691. The number of anilines is 1. The lowest BCUT2D eigenvalue weighted by Crippen LogP contribution is -2.34. The van der Waals surface area contributed by atoms with Gasteiger partial charge in [0.15, 0.2) is 0 Å². The number of carbonyl (C=O) groups excluding carboxylic acids is 2. The first-order valence-electron chi connectivity index (χ1n) is 7.33. The van der Waals surface area contributed by atoms with Crippen LogP contribution in [0.1, 0.15) is 16.7 Å². The molecular formula is C18H19FN2O2. The Morgan fingerprint density at radius 3 is 2.17 bits per heavy atom. The summed E-state index contributed by atoms with van der Waals surface area (Å²) in [6, 6.07) is 11.4. The zero-order valence-electron chi connectivity index (χ0n) is 13.2. The van der Waals surface area contributed by atoms with Gasteiger partial charge >= 0.3 is 0 Å². The second-order valence-corrected chi connectivity index (χ2v) is 5.39. The SMILES string of the molecule is Cc1cccc(C)c1NC(=O)CNC(=O)Cc1ccc(F)cc1. The molecule has 5 heteroatoms. The molecule has 120 valence electrons. The maximum atomic E-state index is 12.8. The van der Waals surface area contributed by atoms with Gasteiger partial charge in [0.1, 0.15) is 5.82 Å². The highest BCUT2D eigenvalue weighted by molar-refractivity contribution is 5.95. The molecule has 0 atom stereocenters. The van der Waals surface area contributed by atoms with Gasteiger partial charge in [0, 0.05) is 5.69 Å². The first-order valence-corrected chi connectivity index (χ1v) is 7.33. The fourth-order valence-corrected chi connectivity index (χ4v) is 2.22. The summed E-state index contributed by atoms with van der Waals surface area (Å²) in [5.74, 6) is -0.912. The number of nitrogens with one attached hydrogen (secondary N) is 2. The maximum Gasteiger partial charge on any atom is 0.243 e. The number of hydrogen-bond donors (Lipinski definition) is 2. The van der Waals surface area contributed by atoms with Gasteiger partial charge in [-0.05, 0) is 42.7 Å². The van der Waals surface area contributed by atoms with Crippen LogP contribution in [0.15, 0.2) is 42.5 Å². The minimum Gasteiger partial charge on any atom is -0.347 e. The number of halogens is 1. The first kappa shape index (κ1) is 16.7. The summed E-state index contributed by atoms with van der Waals surface area (Å²) in [6.45, 7) is 3.72. The van der Waals surface area contributed by atoms with E-state index in [1.807, 2.05) is 32.0 Å². The molecule has 23 heavy (non-hydrogen) atoms. The molecule has 0 saturated heterocycles. The zero-order chi connectivity index (χ0) is 16.8. The summed E-state index contributed by atoms with van der Waals surface area (Å²) >= 11 is 0. The summed E-state index contributed by atoms with van der Waals surface area (Å²) in [5.41, 5.74) is 3.40. The predicted octanol–water partition coefficient (Wildman–Crippen LogP) is 2.74. The van der Waals surface area contributed by atoms with E-state index in [1.54, 1.807) is 12.1 Å². The van der Waals surface area contributed by atoms with Gasteiger partial charge in [-0.2, -0.15) is 0 Å². The first-order chi connectivity index (χ1) is 11.0. The van der Waals surface area contributed by atoms with Crippen molar-refractivity contribution in [1.82, 2.24) is 5.32 Å². The third kappa shape index (κ3) is 4.92. The van der Waals surface area contributed by atoms with Crippen molar-refractivity contribution in [2.45, 2.75) is 20.3 Å². The number of amides is 2. The smallest absolute Gasteiger partial charge is 0.243 e. The van der Waals surface area contributed by atoms with E-state index in [9.17, 15) is 14.0 Å². The molecule has 0 aliphatic heterocycles. The number of carbonyl (C=O) groups is 2. The van der Waals surface area contributed by atoms with Crippen molar-refractivity contribution >= 4 is 17.5 Å². The minimum atomic E-state index is -0.345. The van der Waals surface area contributed by atoms with Crippen LogP contribution >= 0.6 is 0 Å². The van der Waals surface area contributed by atoms with Crippen molar-refractivity contribution in [3.63, 3.8) is 0 Å². The molecule has 0 spiro atoms. The molecule has 0 aromatic heterocycles. The summed E-state index contributed by atoms with van der Waals surface area (Å²) in [4.78, 5) is 23.7. The summed E-state index contributed by atoms with van der Waals surface area (Å²) in [6.07, 6.45) is 0.108. The normalized spacial score (nSPS) is 10.2.